The molecule has 0 amide bonds. The SMILES string of the molecule is Clc1ccc([O][Al]2[O]c3ccccc3N=Nc3ccccc3[O]2)c2ncccc12. The molecule has 140 valence electrons. The van der Waals surface area contributed by atoms with Crippen molar-refractivity contribution in [2.45, 2.75) is 0 Å². The lowest BCUT2D eigenvalue weighted by atomic mass is 10.2. The highest BCUT2D eigenvalue weighted by Gasteiger charge is 2.46. The van der Waals surface area contributed by atoms with E-state index >= 15 is 0 Å². The number of para-hydroxylation sites is 2. The lowest BCUT2D eigenvalue weighted by Gasteiger charge is -2.17. The molecular formula is C21H13AlClN3O3. The van der Waals surface area contributed by atoms with Crippen molar-refractivity contribution in [1.29, 1.82) is 0 Å². The third-order valence-corrected chi connectivity index (χ3v) is 6.01. The third-order valence-electron chi connectivity index (χ3n) is 4.35. The Morgan fingerprint density at radius 1 is 0.759 bits per heavy atom. The maximum Gasteiger partial charge on any atom is 1.20 e. The summed E-state index contributed by atoms with van der Waals surface area (Å²) in [6.45, 7) is 0. The number of nitrogens with zero attached hydrogens (tertiary/aromatic N) is 3. The van der Waals surface area contributed by atoms with Crippen LogP contribution in [-0.2, 0) is 0 Å². The van der Waals surface area contributed by atoms with E-state index in [-0.39, 0.29) is 0 Å². The molecule has 1 aliphatic rings. The van der Waals surface area contributed by atoms with Crippen molar-refractivity contribution in [2.24, 2.45) is 10.2 Å². The van der Waals surface area contributed by atoms with Crippen LogP contribution in [0.2, 0.25) is 5.02 Å². The topological polar surface area (TPSA) is 65.3 Å². The van der Waals surface area contributed by atoms with Crippen molar-refractivity contribution in [3.05, 3.63) is 84.0 Å². The smallest absolute Gasteiger partial charge is 0.576 e. The summed E-state index contributed by atoms with van der Waals surface area (Å²) >= 11 is 3.55. The quantitative estimate of drug-likeness (QED) is 0.367. The number of aromatic nitrogens is 1. The molecule has 1 aromatic heterocycles. The lowest BCUT2D eigenvalue weighted by molar-refractivity contribution is 0.310. The maximum absolute atomic E-state index is 6.30. The molecule has 4 aromatic rings. The molecule has 0 radical (unpaired) electrons. The molecule has 0 aliphatic carbocycles. The van der Waals surface area contributed by atoms with Crippen LogP contribution >= 0.6 is 11.6 Å². The van der Waals surface area contributed by atoms with E-state index in [2.05, 4.69) is 15.2 Å². The van der Waals surface area contributed by atoms with Gasteiger partial charge in [-0.05, 0) is 48.5 Å². The minimum atomic E-state index is -2.76. The molecule has 3 aromatic carbocycles. The van der Waals surface area contributed by atoms with Gasteiger partial charge in [-0.15, -0.1) is 10.2 Å². The number of rotatable bonds is 2. The average Bonchev–Trinajstić information content (AvgIpc) is 2.83. The van der Waals surface area contributed by atoms with Gasteiger partial charge in [-0.1, -0.05) is 35.9 Å². The summed E-state index contributed by atoms with van der Waals surface area (Å²) in [7, 11) is 0. The molecule has 5 rings (SSSR count). The Hall–Kier alpha value is -3.11. The first-order valence-corrected chi connectivity index (χ1v) is 10.7. The van der Waals surface area contributed by atoms with Crippen LogP contribution < -0.4 is 11.4 Å². The molecule has 0 N–H and O–H groups in total. The maximum atomic E-state index is 6.30. The average molecular weight is 418 g/mol. The van der Waals surface area contributed by atoms with E-state index in [9.17, 15) is 0 Å². The molecule has 6 nitrogen and oxygen atoms in total. The van der Waals surface area contributed by atoms with Crippen LogP contribution in [0, 0.1) is 0 Å². The van der Waals surface area contributed by atoms with E-state index in [4.69, 9.17) is 23.0 Å². The zero-order valence-electron chi connectivity index (χ0n) is 15.0. The molecule has 0 unspecified atom stereocenters. The fraction of sp³-hybridized carbons (Fsp3) is 0. The summed E-state index contributed by atoms with van der Waals surface area (Å²) < 4.78 is 18.5. The monoisotopic (exact) mass is 417 g/mol. The van der Waals surface area contributed by atoms with Gasteiger partial charge in [-0.3, -0.25) is 4.98 Å². The Morgan fingerprint density at radius 2 is 1.41 bits per heavy atom. The second-order valence-corrected chi connectivity index (χ2v) is 7.91. The number of fused-ring (bicyclic) bond motifs is 3. The second-order valence-electron chi connectivity index (χ2n) is 6.22. The van der Waals surface area contributed by atoms with Gasteiger partial charge >= 0.3 is 15.1 Å². The summed E-state index contributed by atoms with van der Waals surface area (Å²) in [5, 5.41) is 10.0. The first kappa shape index (κ1) is 18.0. The van der Waals surface area contributed by atoms with Gasteiger partial charge < -0.3 is 11.4 Å². The number of hydrogen-bond acceptors (Lipinski definition) is 6. The lowest BCUT2D eigenvalue weighted by Crippen LogP contribution is -2.37. The Morgan fingerprint density at radius 3 is 2.10 bits per heavy atom. The molecule has 1 aliphatic heterocycles. The Labute approximate surface area is 176 Å². The van der Waals surface area contributed by atoms with Crippen molar-refractivity contribution in [3.8, 4) is 17.2 Å². The van der Waals surface area contributed by atoms with E-state index in [0.29, 0.717) is 39.2 Å². The highest BCUT2D eigenvalue weighted by atomic mass is 35.5. The van der Waals surface area contributed by atoms with Crippen LogP contribution in [-0.4, -0.2) is 20.1 Å². The van der Waals surface area contributed by atoms with Gasteiger partial charge in [0.15, 0.2) is 0 Å². The van der Waals surface area contributed by atoms with Crippen molar-refractivity contribution in [2.75, 3.05) is 0 Å². The molecule has 0 bridgehead atoms. The van der Waals surface area contributed by atoms with Crippen molar-refractivity contribution in [3.63, 3.8) is 0 Å². The van der Waals surface area contributed by atoms with Gasteiger partial charge in [0.2, 0.25) is 0 Å². The van der Waals surface area contributed by atoms with Gasteiger partial charge in [0, 0.05) is 11.6 Å². The van der Waals surface area contributed by atoms with Gasteiger partial charge in [-0.25, -0.2) is 0 Å². The minimum Gasteiger partial charge on any atom is -0.576 e. The van der Waals surface area contributed by atoms with Crippen LogP contribution in [0.1, 0.15) is 0 Å². The van der Waals surface area contributed by atoms with Gasteiger partial charge in [-0.2, -0.15) is 0 Å². The van der Waals surface area contributed by atoms with Crippen LogP contribution in [0.5, 0.6) is 17.2 Å². The van der Waals surface area contributed by atoms with Crippen molar-refractivity contribution >= 4 is 49.0 Å². The summed E-state index contributed by atoms with van der Waals surface area (Å²) in [6, 6.07) is 22.0. The van der Waals surface area contributed by atoms with Crippen LogP contribution in [0.4, 0.5) is 11.4 Å². The predicted octanol–water partition coefficient (Wildman–Crippen LogP) is 6.14. The van der Waals surface area contributed by atoms with E-state index in [1.165, 1.54) is 0 Å². The molecule has 0 saturated heterocycles. The molecular weight excluding hydrogens is 405 g/mol. The summed E-state index contributed by atoms with van der Waals surface area (Å²) in [5.74, 6) is 1.64. The van der Waals surface area contributed by atoms with Crippen molar-refractivity contribution in [1.82, 2.24) is 4.98 Å². The highest BCUT2D eigenvalue weighted by molar-refractivity contribution is 6.40. The summed E-state index contributed by atoms with van der Waals surface area (Å²) in [4.78, 5) is 4.42. The molecule has 0 atom stereocenters. The number of hydrogen-bond donors (Lipinski definition) is 0. The van der Waals surface area contributed by atoms with Crippen LogP contribution in [0.15, 0.2) is 89.2 Å². The van der Waals surface area contributed by atoms with E-state index in [1.807, 2.05) is 60.7 Å². The van der Waals surface area contributed by atoms with Crippen LogP contribution in [0.25, 0.3) is 10.9 Å². The zero-order chi connectivity index (χ0) is 19.6. The first-order chi connectivity index (χ1) is 14.3. The van der Waals surface area contributed by atoms with E-state index < -0.39 is 15.1 Å². The number of benzene rings is 3. The van der Waals surface area contributed by atoms with Crippen molar-refractivity contribution < 1.29 is 11.4 Å². The van der Waals surface area contributed by atoms with Gasteiger partial charge in [0.25, 0.3) is 0 Å². The van der Waals surface area contributed by atoms with E-state index in [0.717, 1.165) is 5.39 Å². The molecule has 29 heavy (non-hydrogen) atoms. The molecule has 0 saturated carbocycles. The number of halogens is 1. The zero-order valence-corrected chi connectivity index (χ0v) is 16.9. The van der Waals surface area contributed by atoms with Crippen LogP contribution in [0.3, 0.4) is 0 Å². The predicted molar refractivity (Wildman–Crippen MR) is 111 cm³/mol. The third kappa shape index (κ3) is 3.64. The van der Waals surface area contributed by atoms with Gasteiger partial charge in [0.05, 0.1) is 5.02 Å². The largest absolute Gasteiger partial charge is 1.20 e. The Bertz CT molecular complexity index is 1180. The normalized spacial score (nSPS) is 12.7. The Balaban J connectivity index is 1.58. The fourth-order valence-corrected chi connectivity index (χ4v) is 4.55. The Kier molecular flexibility index (Phi) is 4.78. The number of azo groups is 1. The minimum absolute atomic E-state index is 0.546. The molecule has 0 spiro atoms. The standard InChI is InChI=1S/C12H10N2O2.C9H6ClNO.Al/c15-11-7-3-1-5-9(11)13-14-10-6-2-4-8-12(10)16;10-7-3-4-8(12)9-6(7)2-1-5-11-9;/h1-8,15-16H;1-5,12H;/q;;+3/p-3. The first-order valence-electron chi connectivity index (χ1n) is 8.91. The highest BCUT2D eigenvalue weighted by Crippen LogP contribution is 2.36. The molecule has 2 heterocycles. The fourth-order valence-electron chi connectivity index (χ4n) is 2.98. The summed E-state index contributed by atoms with van der Waals surface area (Å²) in [5.41, 5.74) is 1.86. The molecule has 8 heteroatoms. The second kappa shape index (κ2) is 7.72. The summed E-state index contributed by atoms with van der Waals surface area (Å²) in [6.07, 6.45) is 1.69. The molecule has 0 fully saturated rings. The van der Waals surface area contributed by atoms with E-state index in [1.54, 1.807) is 18.3 Å². The number of pyridine rings is 1. The van der Waals surface area contributed by atoms with Gasteiger partial charge in [0.1, 0.15) is 34.1 Å².